The van der Waals surface area contributed by atoms with E-state index in [9.17, 15) is 9.59 Å². The van der Waals surface area contributed by atoms with Gasteiger partial charge in [0.25, 0.3) is 0 Å². The summed E-state index contributed by atoms with van der Waals surface area (Å²) in [5.41, 5.74) is -1.07. The summed E-state index contributed by atoms with van der Waals surface area (Å²) in [5.74, 6) is -1.01. The number of carbonyl (C=O) groups is 2. The zero-order valence-corrected chi connectivity index (χ0v) is 16.9. The van der Waals surface area contributed by atoms with Gasteiger partial charge in [-0.1, -0.05) is 26.7 Å². The Morgan fingerprint density at radius 2 is 1.65 bits per heavy atom. The molecule has 1 fully saturated rings. The van der Waals surface area contributed by atoms with Crippen molar-refractivity contribution in [2.24, 2.45) is 0 Å². The highest BCUT2D eigenvalue weighted by Crippen LogP contribution is 2.38. The molecule has 0 radical (unpaired) electrons. The second kappa shape index (κ2) is 11.7. The minimum atomic E-state index is -1.09. The molecular formula is C18H31ClO7. The van der Waals surface area contributed by atoms with Crippen molar-refractivity contribution >= 4 is 23.5 Å². The number of rotatable bonds is 12. The molecule has 152 valence electrons. The third kappa shape index (κ3) is 6.68. The van der Waals surface area contributed by atoms with Crippen LogP contribution in [0.2, 0.25) is 0 Å². The SMILES string of the molecule is CCCCOC[C@@]1(CCl)O[C@H](OC(C)=O)[C@H](OC(C)=O)[C@@H]1OCCCC. The lowest BCUT2D eigenvalue weighted by molar-refractivity contribution is -0.207. The minimum Gasteiger partial charge on any atom is -0.453 e. The standard InChI is InChI=1S/C18H31ClO7/c1-5-7-9-22-12-18(11-19)16(23-10-8-6-2)15(24-13(3)20)17(26-18)25-14(4)21/h15-17H,5-12H2,1-4H3/t15-,16+,17+,18-/m1/s1. The Morgan fingerprint density at radius 1 is 1.04 bits per heavy atom. The van der Waals surface area contributed by atoms with Gasteiger partial charge in [-0.25, -0.2) is 0 Å². The van der Waals surface area contributed by atoms with E-state index in [0.29, 0.717) is 13.2 Å². The fourth-order valence-electron chi connectivity index (χ4n) is 2.73. The maximum atomic E-state index is 11.6. The molecule has 0 aromatic heterocycles. The van der Waals surface area contributed by atoms with Gasteiger partial charge < -0.3 is 23.7 Å². The third-order valence-corrected chi connectivity index (χ3v) is 4.48. The van der Waals surface area contributed by atoms with Crippen LogP contribution in [-0.4, -0.2) is 61.7 Å². The van der Waals surface area contributed by atoms with Crippen LogP contribution in [0, 0.1) is 0 Å². The molecule has 0 N–H and O–H groups in total. The second-order valence-electron chi connectivity index (χ2n) is 6.42. The topological polar surface area (TPSA) is 80.3 Å². The first-order valence-corrected chi connectivity index (χ1v) is 9.71. The van der Waals surface area contributed by atoms with Crippen molar-refractivity contribution in [1.82, 2.24) is 0 Å². The van der Waals surface area contributed by atoms with Crippen molar-refractivity contribution < 1.29 is 33.3 Å². The molecule has 0 spiro atoms. The normalized spacial score (nSPS) is 28.1. The summed E-state index contributed by atoms with van der Waals surface area (Å²) in [6, 6.07) is 0. The molecule has 0 aliphatic carbocycles. The van der Waals surface area contributed by atoms with E-state index in [0.717, 1.165) is 25.7 Å². The van der Waals surface area contributed by atoms with Crippen LogP contribution in [0.5, 0.6) is 0 Å². The van der Waals surface area contributed by atoms with Crippen molar-refractivity contribution in [3.05, 3.63) is 0 Å². The van der Waals surface area contributed by atoms with Gasteiger partial charge in [-0.2, -0.15) is 0 Å². The molecule has 0 aromatic carbocycles. The number of ether oxygens (including phenoxy) is 5. The molecule has 1 heterocycles. The lowest BCUT2D eigenvalue weighted by Gasteiger charge is -2.32. The van der Waals surface area contributed by atoms with Gasteiger partial charge in [0, 0.05) is 27.1 Å². The molecule has 1 aliphatic heterocycles. The van der Waals surface area contributed by atoms with Gasteiger partial charge in [0.2, 0.25) is 6.29 Å². The van der Waals surface area contributed by atoms with Crippen LogP contribution < -0.4 is 0 Å². The highest BCUT2D eigenvalue weighted by molar-refractivity contribution is 6.18. The molecular weight excluding hydrogens is 364 g/mol. The van der Waals surface area contributed by atoms with Crippen LogP contribution >= 0.6 is 11.6 Å². The summed E-state index contributed by atoms with van der Waals surface area (Å²) < 4.78 is 28.2. The average molecular weight is 395 g/mol. The summed E-state index contributed by atoms with van der Waals surface area (Å²) in [7, 11) is 0. The molecule has 0 aromatic rings. The van der Waals surface area contributed by atoms with Crippen molar-refractivity contribution in [3.63, 3.8) is 0 Å². The van der Waals surface area contributed by atoms with E-state index in [2.05, 4.69) is 6.92 Å². The Morgan fingerprint density at radius 3 is 2.19 bits per heavy atom. The lowest BCUT2D eigenvalue weighted by atomic mass is 9.97. The van der Waals surface area contributed by atoms with E-state index in [1.54, 1.807) is 0 Å². The highest BCUT2D eigenvalue weighted by Gasteiger charge is 2.59. The van der Waals surface area contributed by atoms with Crippen LogP contribution in [0.25, 0.3) is 0 Å². The third-order valence-electron chi connectivity index (χ3n) is 4.03. The van der Waals surface area contributed by atoms with Crippen molar-refractivity contribution in [1.29, 1.82) is 0 Å². The quantitative estimate of drug-likeness (QED) is 0.286. The van der Waals surface area contributed by atoms with E-state index in [1.165, 1.54) is 13.8 Å². The number of hydrogen-bond donors (Lipinski definition) is 0. The molecule has 7 nitrogen and oxygen atoms in total. The van der Waals surface area contributed by atoms with Crippen LogP contribution in [0.4, 0.5) is 0 Å². The Hall–Kier alpha value is -0.890. The van der Waals surface area contributed by atoms with E-state index >= 15 is 0 Å². The number of carbonyl (C=O) groups excluding carboxylic acids is 2. The van der Waals surface area contributed by atoms with Gasteiger partial charge in [-0.3, -0.25) is 9.59 Å². The molecule has 0 amide bonds. The van der Waals surface area contributed by atoms with Crippen molar-refractivity contribution in [2.75, 3.05) is 25.7 Å². The number of hydrogen-bond acceptors (Lipinski definition) is 7. The van der Waals surface area contributed by atoms with Crippen LogP contribution in [-0.2, 0) is 33.3 Å². The van der Waals surface area contributed by atoms with Gasteiger partial charge in [0.15, 0.2) is 6.10 Å². The molecule has 4 atom stereocenters. The van der Waals surface area contributed by atoms with Crippen LogP contribution in [0.3, 0.4) is 0 Å². The zero-order valence-electron chi connectivity index (χ0n) is 16.1. The summed E-state index contributed by atoms with van der Waals surface area (Å²) in [6.07, 6.45) is 0.994. The first-order valence-electron chi connectivity index (χ1n) is 9.17. The van der Waals surface area contributed by atoms with E-state index < -0.39 is 36.0 Å². The van der Waals surface area contributed by atoms with Crippen molar-refractivity contribution in [3.8, 4) is 0 Å². The summed E-state index contributed by atoms with van der Waals surface area (Å²) in [5, 5.41) is 0. The molecule has 1 rings (SSSR count). The largest absolute Gasteiger partial charge is 0.453 e. The lowest BCUT2D eigenvalue weighted by Crippen LogP contribution is -2.51. The Balaban J connectivity index is 3.02. The van der Waals surface area contributed by atoms with Gasteiger partial charge in [0.1, 0.15) is 11.7 Å². The fraction of sp³-hybridized carbons (Fsp3) is 0.889. The number of esters is 2. The van der Waals surface area contributed by atoms with Crippen molar-refractivity contribution in [2.45, 2.75) is 77.5 Å². The molecule has 8 heteroatoms. The van der Waals surface area contributed by atoms with Crippen LogP contribution in [0.1, 0.15) is 53.4 Å². The van der Waals surface area contributed by atoms with Gasteiger partial charge in [-0.05, 0) is 12.8 Å². The number of halogens is 1. The van der Waals surface area contributed by atoms with Gasteiger partial charge >= 0.3 is 11.9 Å². The molecule has 0 bridgehead atoms. The Labute approximate surface area is 160 Å². The monoisotopic (exact) mass is 394 g/mol. The highest BCUT2D eigenvalue weighted by atomic mass is 35.5. The minimum absolute atomic E-state index is 0.0471. The zero-order chi connectivity index (χ0) is 19.6. The maximum Gasteiger partial charge on any atom is 0.305 e. The van der Waals surface area contributed by atoms with E-state index in [-0.39, 0.29) is 12.5 Å². The molecule has 0 saturated carbocycles. The summed E-state index contributed by atoms with van der Waals surface area (Å²) in [6.45, 7) is 7.81. The molecule has 0 unspecified atom stereocenters. The Bertz CT molecular complexity index is 445. The van der Waals surface area contributed by atoms with E-state index in [1.807, 2.05) is 6.92 Å². The smallest absolute Gasteiger partial charge is 0.305 e. The first kappa shape index (κ1) is 23.1. The molecule has 26 heavy (non-hydrogen) atoms. The van der Waals surface area contributed by atoms with Gasteiger partial charge in [-0.15, -0.1) is 11.6 Å². The van der Waals surface area contributed by atoms with Crippen LogP contribution in [0.15, 0.2) is 0 Å². The summed E-state index contributed by atoms with van der Waals surface area (Å²) in [4.78, 5) is 23.0. The van der Waals surface area contributed by atoms with E-state index in [4.69, 9.17) is 35.3 Å². The maximum absolute atomic E-state index is 11.6. The molecule has 1 aliphatic rings. The predicted octanol–water partition coefficient (Wildman–Crippen LogP) is 2.82. The average Bonchev–Trinajstić information content (AvgIpc) is 2.85. The summed E-state index contributed by atoms with van der Waals surface area (Å²) >= 11 is 6.22. The fourth-order valence-corrected chi connectivity index (χ4v) is 3.02. The second-order valence-corrected chi connectivity index (χ2v) is 6.69. The molecule has 1 saturated heterocycles. The Kier molecular flexibility index (Phi) is 10.5. The number of alkyl halides is 1. The number of unbranched alkanes of at least 4 members (excludes halogenated alkanes) is 2. The van der Waals surface area contributed by atoms with Gasteiger partial charge in [0.05, 0.1) is 12.5 Å². The first-order chi connectivity index (χ1) is 12.4. The predicted molar refractivity (Wildman–Crippen MR) is 96.0 cm³/mol.